The lowest BCUT2D eigenvalue weighted by atomic mass is 10.3. The number of benzene rings is 1. The van der Waals surface area contributed by atoms with Crippen molar-refractivity contribution in [2.24, 2.45) is 0 Å². The summed E-state index contributed by atoms with van der Waals surface area (Å²) >= 11 is 3.15. The molecule has 0 fully saturated rings. The minimum Gasteiger partial charge on any atom is -0.219 e. The van der Waals surface area contributed by atoms with Crippen LogP contribution in [0, 0.1) is 0 Å². The van der Waals surface area contributed by atoms with E-state index in [1.807, 2.05) is 24.3 Å². The molecule has 2 aromatic rings. The third-order valence-electron chi connectivity index (χ3n) is 1.33. The normalized spacial score (nSPS) is 10.3. The van der Waals surface area contributed by atoms with E-state index in [4.69, 9.17) is 0 Å². The zero-order chi connectivity index (χ0) is 7.68. The van der Waals surface area contributed by atoms with Gasteiger partial charge in [0, 0.05) is 0 Å². The molecule has 0 spiro atoms. The van der Waals surface area contributed by atoms with Gasteiger partial charge in [0.05, 0.1) is 5.52 Å². The van der Waals surface area contributed by atoms with Crippen LogP contribution in [0.3, 0.4) is 0 Å². The Morgan fingerprint density at radius 1 is 1.00 bits per heavy atom. The van der Waals surface area contributed by atoms with E-state index in [1.165, 1.54) is 0 Å². The Morgan fingerprint density at radius 2 is 1.73 bits per heavy atom. The highest BCUT2D eigenvalue weighted by molar-refractivity contribution is 9.10. The number of hydrogen-bond acceptors (Lipinski definition) is 3. The summed E-state index contributed by atoms with van der Waals surface area (Å²) in [6.07, 6.45) is 0. The molecule has 1 aromatic carbocycles. The lowest BCUT2D eigenvalue weighted by Gasteiger charge is -1.92. The predicted molar refractivity (Wildman–Crippen MR) is 45.0 cm³/mol. The van der Waals surface area contributed by atoms with Crippen molar-refractivity contribution in [2.45, 2.75) is 0 Å². The van der Waals surface area contributed by atoms with Crippen LogP contribution >= 0.6 is 15.9 Å². The van der Waals surface area contributed by atoms with E-state index < -0.39 is 0 Å². The number of aromatic nitrogens is 3. The highest BCUT2D eigenvalue weighted by Gasteiger charge is 1.95. The van der Waals surface area contributed by atoms with E-state index in [0.717, 1.165) is 11.0 Å². The Balaban J connectivity index is 2.83. The zero-order valence-electron chi connectivity index (χ0n) is 5.53. The highest BCUT2D eigenvalue weighted by Crippen LogP contribution is 2.08. The first-order valence-electron chi connectivity index (χ1n) is 3.11. The van der Waals surface area contributed by atoms with Crippen molar-refractivity contribution >= 4 is 27.0 Å². The molecule has 0 radical (unpaired) electrons. The van der Waals surface area contributed by atoms with E-state index in [1.54, 1.807) is 0 Å². The second kappa shape index (κ2) is 2.54. The van der Waals surface area contributed by atoms with Gasteiger partial charge in [0.2, 0.25) is 4.73 Å². The van der Waals surface area contributed by atoms with Crippen molar-refractivity contribution in [3.8, 4) is 0 Å². The van der Waals surface area contributed by atoms with E-state index in [9.17, 15) is 0 Å². The number of hydrogen-bond donors (Lipinski definition) is 0. The maximum absolute atomic E-state index is 4.12. The highest BCUT2D eigenvalue weighted by atomic mass is 79.9. The fourth-order valence-corrected chi connectivity index (χ4v) is 1.13. The quantitative estimate of drug-likeness (QED) is 0.665. The van der Waals surface area contributed by atoms with Crippen LogP contribution in [-0.2, 0) is 0 Å². The molecule has 0 aliphatic carbocycles. The SMILES string of the molecule is Brc1nnc2ccccc2n1. The standard InChI is InChI=1S/C7H4BrN3/c8-7-9-5-3-1-2-4-6(5)10-11-7/h1-4H. The first-order valence-corrected chi connectivity index (χ1v) is 3.90. The average Bonchev–Trinajstić information content (AvgIpc) is 2.04. The average molecular weight is 210 g/mol. The molecule has 0 amide bonds. The van der Waals surface area contributed by atoms with Crippen LogP contribution < -0.4 is 0 Å². The summed E-state index contributed by atoms with van der Waals surface area (Å²) in [5.74, 6) is 0. The number of para-hydroxylation sites is 1. The summed E-state index contributed by atoms with van der Waals surface area (Å²) in [6, 6.07) is 7.60. The number of fused-ring (bicyclic) bond motifs is 1. The fourth-order valence-electron chi connectivity index (χ4n) is 0.860. The zero-order valence-corrected chi connectivity index (χ0v) is 7.12. The molecule has 2 rings (SSSR count). The van der Waals surface area contributed by atoms with Crippen LogP contribution in [0.1, 0.15) is 0 Å². The van der Waals surface area contributed by atoms with Gasteiger partial charge in [-0.15, -0.1) is 10.2 Å². The topological polar surface area (TPSA) is 38.7 Å². The third-order valence-corrected chi connectivity index (χ3v) is 1.67. The number of halogens is 1. The Hall–Kier alpha value is -1.03. The number of nitrogens with zero attached hydrogens (tertiary/aromatic N) is 3. The van der Waals surface area contributed by atoms with Gasteiger partial charge in [-0.05, 0) is 28.1 Å². The summed E-state index contributed by atoms with van der Waals surface area (Å²) in [5, 5.41) is 7.68. The molecule has 11 heavy (non-hydrogen) atoms. The summed E-state index contributed by atoms with van der Waals surface area (Å²) in [6.45, 7) is 0. The first-order chi connectivity index (χ1) is 5.36. The van der Waals surface area contributed by atoms with Crippen LogP contribution in [0.4, 0.5) is 0 Å². The molecule has 0 N–H and O–H groups in total. The summed E-state index contributed by atoms with van der Waals surface area (Å²) in [5.41, 5.74) is 1.67. The van der Waals surface area contributed by atoms with Gasteiger partial charge in [-0.3, -0.25) is 0 Å². The van der Waals surface area contributed by atoms with E-state index >= 15 is 0 Å². The second-order valence-electron chi connectivity index (χ2n) is 2.07. The van der Waals surface area contributed by atoms with Crippen LogP contribution in [-0.4, -0.2) is 15.2 Å². The van der Waals surface area contributed by atoms with Crippen LogP contribution in [0.15, 0.2) is 29.0 Å². The van der Waals surface area contributed by atoms with Gasteiger partial charge in [0.1, 0.15) is 5.52 Å². The maximum Gasteiger partial charge on any atom is 0.218 e. The predicted octanol–water partition coefficient (Wildman–Crippen LogP) is 1.79. The largest absolute Gasteiger partial charge is 0.219 e. The number of rotatable bonds is 0. The molecule has 0 saturated carbocycles. The van der Waals surface area contributed by atoms with Crippen molar-refractivity contribution in [3.05, 3.63) is 29.0 Å². The van der Waals surface area contributed by atoms with Crippen molar-refractivity contribution in [1.29, 1.82) is 0 Å². The van der Waals surface area contributed by atoms with Gasteiger partial charge in [-0.2, -0.15) is 0 Å². The molecule has 4 heteroatoms. The van der Waals surface area contributed by atoms with Crippen molar-refractivity contribution in [1.82, 2.24) is 15.2 Å². The molecule has 0 aliphatic rings. The Bertz CT molecular complexity index is 388. The molecule has 0 unspecified atom stereocenters. The van der Waals surface area contributed by atoms with E-state index in [2.05, 4.69) is 31.1 Å². The lowest BCUT2D eigenvalue weighted by molar-refractivity contribution is 0.985. The maximum atomic E-state index is 4.12. The van der Waals surface area contributed by atoms with Crippen molar-refractivity contribution in [3.63, 3.8) is 0 Å². The molecule has 54 valence electrons. The molecular weight excluding hydrogens is 206 g/mol. The van der Waals surface area contributed by atoms with Gasteiger partial charge >= 0.3 is 0 Å². The van der Waals surface area contributed by atoms with E-state index in [0.29, 0.717) is 4.73 Å². The Labute approximate surface area is 71.6 Å². The molecular formula is C7H4BrN3. The third kappa shape index (κ3) is 1.21. The molecule has 3 nitrogen and oxygen atoms in total. The van der Waals surface area contributed by atoms with Gasteiger partial charge in [-0.1, -0.05) is 12.1 Å². The monoisotopic (exact) mass is 209 g/mol. The van der Waals surface area contributed by atoms with Crippen molar-refractivity contribution in [2.75, 3.05) is 0 Å². The molecule has 0 atom stereocenters. The summed E-state index contributed by atoms with van der Waals surface area (Å²) in [7, 11) is 0. The Kier molecular flexibility index (Phi) is 1.54. The summed E-state index contributed by atoms with van der Waals surface area (Å²) in [4.78, 5) is 4.12. The van der Waals surface area contributed by atoms with Gasteiger partial charge in [-0.25, -0.2) is 4.98 Å². The smallest absolute Gasteiger partial charge is 0.218 e. The van der Waals surface area contributed by atoms with Gasteiger partial charge < -0.3 is 0 Å². The first kappa shape index (κ1) is 6.67. The lowest BCUT2D eigenvalue weighted by Crippen LogP contribution is -1.88. The Morgan fingerprint density at radius 3 is 2.55 bits per heavy atom. The molecule has 0 saturated heterocycles. The molecule has 0 bridgehead atoms. The minimum atomic E-state index is 0.524. The van der Waals surface area contributed by atoms with Crippen LogP contribution in [0.5, 0.6) is 0 Å². The van der Waals surface area contributed by atoms with E-state index in [-0.39, 0.29) is 0 Å². The summed E-state index contributed by atoms with van der Waals surface area (Å²) < 4.78 is 0.524. The van der Waals surface area contributed by atoms with Gasteiger partial charge in [0.15, 0.2) is 0 Å². The van der Waals surface area contributed by atoms with Crippen LogP contribution in [0.2, 0.25) is 0 Å². The molecule has 1 aromatic heterocycles. The second-order valence-corrected chi connectivity index (χ2v) is 2.78. The fraction of sp³-hybridized carbons (Fsp3) is 0. The van der Waals surface area contributed by atoms with Gasteiger partial charge in [0.25, 0.3) is 0 Å². The molecule has 0 aliphatic heterocycles. The van der Waals surface area contributed by atoms with Crippen molar-refractivity contribution < 1.29 is 0 Å². The molecule has 1 heterocycles. The minimum absolute atomic E-state index is 0.524. The van der Waals surface area contributed by atoms with Crippen LogP contribution in [0.25, 0.3) is 11.0 Å².